The molecule has 2 N–H and O–H groups in total. The van der Waals surface area contributed by atoms with Gasteiger partial charge < -0.3 is 0 Å². The fourth-order valence-corrected chi connectivity index (χ4v) is 1.63. The van der Waals surface area contributed by atoms with E-state index in [9.17, 15) is 13.2 Å². The van der Waals surface area contributed by atoms with Crippen molar-refractivity contribution in [2.45, 2.75) is 4.90 Å². The Kier molecular flexibility index (Phi) is 3.63. The summed E-state index contributed by atoms with van der Waals surface area (Å²) in [5.41, 5.74) is 0.191. The first kappa shape index (κ1) is 12.6. The molecule has 0 aliphatic carbocycles. The first-order chi connectivity index (χ1) is 7.36. The molecule has 0 aliphatic rings. The summed E-state index contributed by atoms with van der Waals surface area (Å²) in [6, 6.07) is 5.44. The van der Waals surface area contributed by atoms with E-state index < -0.39 is 15.9 Å². The predicted octanol–water partition coefficient (Wildman–Crippen LogP) is -0.0326. The van der Waals surface area contributed by atoms with E-state index in [4.69, 9.17) is 9.98 Å². The third-order valence-electron chi connectivity index (χ3n) is 1.97. The molecule has 0 saturated carbocycles. The number of hydrogen-bond acceptors (Lipinski definition) is 4. The highest BCUT2D eigenvalue weighted by molar-refractivity contribution is 7.89. The van der Waals surface area contributed by atoms with Gasteiger partial charge in [-0.2, -0.15) is 0 Å². The Bertz CT molecular complexity index is 498. The average Bonchev–Trinajstić information content (AvgIpc) is 2.26. The molecule has 0 unspecified atom stereocenters. The van der Waals surface area contributed by atoms with Crippen LogP contribution in [0.15, 0.2) is 29.2 Å². The second kappa shape index (κ2) is 4.60. The summed E-state index contributed by atoms with van der Waals surface area (Å²) in [5, 5.41) is 5.94. The van der Waals surface area contributed by atoms with Gasteiger partial charge in [-0.1, -0.05) is 6.07 Å². The number of nitrogens with two attached hydrogens (primary N) is 1. The van der Waals surface area contributed by atoms with E-state index >= 15 is 0 Å². The fraction of sp³-hybridized carbons (Fsp3) is 0.222. The SMILES string of the molecule is CON(C)C(=O)c1cccc(S(N)(=O)=O)c1. The lowest BCUT2D eigenvalue weighted by Crippen LogP contribution is -2.25. The molecule has 0 aliphatic heterocycles. The van der Waals surface area contributed by atoms with Gasteiger partial charge in [0.25, 0.3) is 5.91 Å². The molecule has 1 aromatic rings. The first-order valence-corrected chi connectivity index (χ1v) is 5.86. The Morgan fingerprint density at radius 3 is 2.56 bits per heavy atom. The zero-order chi connectivity index (χ0) is 12.3. The molecule has 0 heterocycles. The molecule has 0 fully saturated rings. The van der Waals surface area contributed by atoms with Crippen molar-refractivity contribution in [3.05, 3.63) is 29.8 Å². The molecule has 0 spiro atoms. The van der Waals surface area contributed by atoms with Gasteiger partial charge >= 0.3 is 0 Å². The van der Waals surface area contributed by atoms with Gasteiger partial charge in [-0.25, -0.2) is 18.6 Å². The standard InChI is InChI=1S/C9H12N2O4S/c1-11(15-2)9(12)7-4-3-5-8(6-7)16(10,13)14/h3-6H,1-2H3,(H2,10,13,14). The number of hydroxylamine groups is 2. The number of sulfonamides is 1. The van der Waals surface area contributed by atoms with Crippen LogP contribution < -0.4 is 5.14 Å². The summed E-state index contributed by atoms with van der Waals surface area (Å²) in [7, 11) is -1.05. The number of primary sulfonamides is 1. The maximum atomic E-state index is 11.6. The Morgan fingerprint density at radius 2 is 2.06 bits per heavy atom. The third kappa shape index (κ3) is 2.78. The van der Waals surface area contributed by atoms with Crippen LogP contribution in [0.1, 0.15) is 10.4 Å². The summed E-state index contributed by atoms with van der Waals surface area (Å²) in [6.45, 7) is 0. The minimum atomic E-state index is -3.80. The lowest BCUT2D eigenvalue weighted by molar-refractivity contribution is -0.0757. The number of amides is 1. The van der Waals surface area contributed by atoms with Crippen LogP contribution in [0, 0.1) is 0 Å². The van der Waals surface area contributed by atoms with Crippen LogP contribution in [-0.4, -0.2) is 33.5 Å². The number of nitrogens with zero attached hydrogens (tertiary/aromatic N) is 1. The molecule has 88 valence electrons. The maximum Gasteiger partial charge on any atom is 0.277 e. The van der Waals surface area contributed by atoms with Gasteiger partial charge in [-0.3, -0.25) is 9.63 Å². The maximum absolute atomic E-state index is 11.6. The molecule has 16 heavy (non-hydrogen) atoms. The van der Waals surface area contributed by atoms with E-state index in [0.717, 1.165) is 5.06 Å². The quantitative estimate of drug-likeness (QED) is 0.756. The zero-order valence-electron chi connectivity index (χ0n) is 8.88. The monoisotopic (exact) mass is 244 g/mol. The van der Waals surface area contributed by atoms with E-state index in [0.29, 0.717) is 0 Å². The summed E-state index contributed by atoms with van der Waals surface area (Å²) >= 11 is 0. The van der Waals surface area contributed by atoms with E-state index in [1.54, 1.807) is 0 Å². The minimum Gasteiger partial charge on any atom is -0.274 e. The average molecular weight is 244 g/mol. The van der Waals surface area contributed by atoms with Gasteiger partial charge in [0, 0.05) is 12.6 Å². The smallest absolute Gasteiger partial charge is 0.274 e. The molecule has 1 aromatic carbocycles. The lowest BCUT2D eigenvalue weighted by atomic mass is 10.2. The molecular formula is C9H12N2O4S. The topological polar surface area (TPSA) is 89.7 Å². The number of benzene rings is 1. The molecule has 7 heteroatoms. The van der Waals surface area contributed by atoms with Gasteiger partial charge in [0.1, 0.15) is 0 Å². The number of hydrogen-bond donors (Lipinski definition) is 1. The van der Waals surface area contributed by atoms with Crippen LogP contribution in [-0.2, 0) is 14.9 Å². The van der Waals surface area contributed by atoms with Crippen molar-refractivity contribution >= 4 is 15.9 Å². The van der Waals surface area contributed by atoms with Gasteiger partial charge in [0.05, 0.1) is 12.0 Å². The van der Waals surface area contributed by atoms with Crippen LogP contribution in [0.2, 0.25) is 0 Å². The molecule has 1 rings (SSSR count). The number of carbonyl (C=O) groups is 1. The van der Waals surface area contributed by atoms with Crippen LogP contribution >= 0.6 is 0 Å². The summed E-state index contributed by atoms with van der Waals surface area (Å²) in [6.07, 6.45) is 0. The van der Waals surface area contributed by atoms with Crippen molar-refractivity contribution in [3.8, 4) is 0 Å². The summed E-state index contributed by atoms with van der Waals surface area (Å²) < 4.78 is 22.1. The minimum absolute atomic E-state index is 0.108. The van der Waals surface area contributed by atoms with Crippen LogP contribution in [0.3, 0.4) is 0 Å². The Hall–Kier alpha value is -1.44. The first-order valence-electron chi connectivity index (χ1n) is 4.31. The van der Waals surface area contributed by atoms with Crippen molar-refractivity contribution in [2.24, 2.45) is 5.14 Å². The molecule has 6 nitrogen and oxygen atoms in total. The van der Waals surface area contributed by atoms with E-state index in [1.807, 2.05) is 0 Å². The Balaban J connectivity index is 3.14. The molecule has 0 atom stereocenters. The Morgan fingerprint density at radius 1 is 1.44 bits per heavy atom. The van der Waals surface area contributed by atoms with Crippen molar-refractivity contribution in [1.29, 1.82) is 0 Å². The van der Waals surface area contributed by atoms with E-state index in [-0.39, 0.29) is 10.5 Å². The van der Waals surface area contributed by atoms with Gasteiger partial charge in [-0.05, 0) is 18.2 Å². The molecule has 0 bridgehead atoms. The van der Waals surface area contributed by atoms with E-state index in [2.05, 4.69) is 0 Å². The lowest BCUT2D eigenvalue weighted by Gasteiger charge is -2.13. The van der Waals surface area contributed by atoms with Gasteiger partial charge in [-0.15, -0.1) is 0 Å². The fourth-order valence-electron chi connectivity index (χ4n) is 1.07. The molecule has 0 aromatic heterocycles. The van der Waals surface area contributed by atoms with Crippen molar-refractivity contribution in [2.75, 3.05) is 14.2 Å². The van der Waals surface area contributed by atoms with Crippen molar-refractivity contribution in [3.63, 3.8) is 0 Å². The van der Waals surface area contributed by atoms with Crippen LogP contribution in [0.25, 0.3) is 0 Å². The van der Waals surface area contributed by atoms with Crippen LogP contribution in [0.5, 0.6) is 0 Å². The van der Waals surface area contributed by atoms with Crippen LogP contribution in [0.4, 0.5) is 0 Å². The highest BCUT2D eigenvalue weighted by Crippen LogP contribution is 2.11. The predicted molar refractivity (Wildman–Crippen MR) is 56.9 cm³/mol. The van der Waals surface area contributed by atoms with Gasteiger partial charge in [0.15, 0.2) is 0 Å². The highest BCUT2D eigenvalue weighted by Gasteiger charge is 2.14. The van der Waals surface area contributed by atoms with Gasteiger partial charge in [0.2, 0.25) is 10.0 Å². The highest BCUT2D eigenvalue weighted by atomic mass is 32.2. The normalized spacial score (nSPS) is 11.2. The van der Waals surface area contributed by atoms with Crippen molar-refractivity contribution in [1.82, 2.24) is 5.06 Å². The zero-order valence-corrected chi connectivity index (χ0v) is 9.69. The summed E-state index contributed by atoms with van der Waals surface area (Å²) in [5.74, 6) is -0.451. The second-order valence-corrected chi connectivity index (χ2v) is 4.62. The Labute approximate surface area is 93.6 Å². The molecule has 0 saturated heterocycles. The second-order valence-electron chi connectivity index (χ2n) is 3.06. The van der Waals surface area contributed by atoms with Crippen molar-refractivity contribution < 1.29 is 18.0 Å². The molecular weight excluding hydrogens is 232 g/mol. The number of rotatable bonds is 3. The summed E-state index contributed by atoms with van der Waals surface area (Å²) in [4.78, 5) is 16.2. The number of carbonyl (C=O) groups excluding carboxylic acids is 1. The molecule has 0 radical (unpaired) electrons. The molecule has 1 amide bonds. The van der Waals surface area contributed by atoms with E-state index in [1.165, 1.54) is 38.4 Å². The third-order valence-corrected chi connectivity index (χ3v) is 2.88. The largest absolute Gasteiger partial charge is 0.277 e.